The summed E-state index contributed by atoms with van der Waals surface area (Å²) in [7, 11) is 0. The van der Waals surface area contributed by atoms with Crippen molar-refractivity contribution < 1.29 is 13.9 Å². The van der Waals surface area contributed by atoms with Gasteiger partial charge in [0.25, 0.3) is 0 Å². The first-order valence-electron chi connectivity index (χ1n) is 5.06. The van der Waals surface area contributed by atoms with Crippen molar-refractivity contribution in [2.24, 2.45) is 5.92 Å². The van der Waals surface area contributed by atoms with Gasteiger partial charge in [-0.05, 0) is 25.3 Å². The molecule has 2 fully saturated rings. The second-order valence-corrected chi connectivity index (χ2v) is 4.09. The Bertz CT molecular complexity index is 341. The number of hydrogen-bond acceptors (Lipinski definition) is 3. The van der Waals surface area contributed by atoms with E-state index in [9.17, 15) is 4.79 Å². The van der Waals surface area contributed by atoms with Gasteiger partial charge < -0.3 is 9.15 Å². The van der Waals surface area contributed by atoms with Crippen molar-refractivity contribution in [1.82, 2.24) is 0 Å². The van der Waals surface area contributed by atoms with Crippen LogP contribution in [-0.4, -0.2) is 18.0 Å². The average Bonchev–Trinajstić information content (AvgIpc) is 2.93. The van der Waals surface area contributed by atoms with Crippen molar-refractivity contribution in [2.75, 3.05) is 0 Å². The van der Waals surface area contributed by atoms with Crippen molar-refractivity contribution in [1.29, 1.82) is 0 Å². The van der Waals surface area contributed by atoms with E-state index in [1.54, 1.807) is 12.3 Å². The minimum absolute atomic E-state index is 0.0753. The predicted octanol–water partition coefficient (Wildman–Crippen LogP) is 2.03. The van der Waals surface area contributed by atoms with Crippen LogP contribution >= 0.6 is 0 Å². The number of ketones is 1. The summed E-state index contributed by atoms with van der Waals surface area (Å²) in [5, 5.41) is 0. The summed E-state index contributed by atoms with van der Waals surface area (Å²) >= 11 is 0. The molecule has 3 heterocycles. The molecule has 3 atom stereocenters. The molecule has 3 nitrogen and oxygen atoms in total. The zero-order valence-electron chi connectivity index (χ0n) is 7.81. The zero-order chi connectivity index (χ0) is 9.54. The quantitative estimate of drug-likeness (QED) is 0.673. The second kappa shape index (κ2) is 2.95. The Morgan fingerprint density at radius 3 is 2.93 bits per heavy atom. The smallest absolute Gasteiger partial charge is 0.171 e. The highest BCUT2D eigenvalue weighted by atomic mass is 16.5. The molecule has 2 aliphatic rings. The van der Waals surface area contributed by atoms with E-state index in [1.807, 2.05) is 0 Å². The number of fused-ring (bicyclic) bond motifs is 2. The van der Waals surface area contributed by atoms with Crippen molar-refractivity contribution >= 4 is 5.78 Å². The molecule has 2 saturated heterocycles. The monoisotopic (exact) mass is 192 g/mol. The normalized spacial score (nSPS) is 35.0. The minimum Gasteiger partial charge on any atom is -0.472 e. The molecular formula is C11H12O3. The highest BCUT2D eigenvalue weighted by Gasteiger charge is 2.44. The highest BCUT2D eigenvalue weighted by Crippen LogP contribution is 2.40. The van der Waals surface area contributed by atoms with Gasteiger partial charge in [0.1, 0.15) is 6.26 Å². The fourth-order valence-electron chi connectivity index (χ4n) is 2.53. The van der Waals surface area contributed by atoms with E-state index < -0.39 is 0 Å². The van der Waals surface area contributed by atoms with Gasteiger partial charge in [-0.3, -0.25) is 4.79 Å². The highest BCUT2D eigenvalue weighted by molar-refractivity contribution is 5.98. The summed E-state index contributed by atoms with van der Waals surface area (Å²) in [5.41, 5.74) is 0.686. The van der Waals surface area contributed by atoms with Crippen LogP contribution in [0.3, 0.4) is 0 Å². The molecule has 14 heavy (non-hydrogen) atoms. The van der Waals surface area contributed by atoms with E-state index >= 15 is 0 Å². The summed E-state index contributed by atoms with van der Waals surface area (Å²) in [6.45, 7) is 0. The van der Waals surface area contributed by atoms with Crippen LogP contribution in [0.5, 0.6) is 0 Å². The van der Waals surface area contributed by atoms with Gasteiger partial charge in [-0.25, -0.2) is 0 Å². The molecular weight excluding hydrogens is 180 g/mol. The number of ether oxygens (including phenoxy) is 1. The van der Waals surface area contributed by atoms with Crippen LogP contribution in [0, 0.1) is 5.92 Å². The lowest BCUT2D eigenvalue weighted by Gasteiger charge is -2.15. The van der Waals surface area contributed by atoms with Crippen molar-refractivity contribution in [3.63, 3.8) is 0 Å². The van der Waals surface area contributed by atoms with Gasteiger partial charge in [0, 0.05) is 0 Å². The van der Waals surface area contributed by atoms with E-state index in [-0.39, 0.29) is 17.8 Å². The van der Waals surface area contributed by atoms with Gasteiger partial charge >= 0.3 is 0 Å². The van der Waals surface area contributed by atoms with Gasteiger partial charge in [-0.15, -0.1) is 0 Å². The summed E-state index contributed by atoms with van der Waals surface area (Å²) in [5.74, 6) is 0.261. The summed E-state index contributed by atoms with van der Waals surface area (Å²) in [4.78, 5) is 12.0. The van der Waals surface area contributed by atoms with Crippen molar-refractivity contribution in [2.45, 2.75) is 31.5 Å². The van der Waals surface area contributed by atoms with Gasteiger partial charge in [0.15, 0.2) is 5.78 Å². The van der Waals surface area contributed by atoms with Crippen LogP contribution in [0.4, 0.5) is 0 Å². The Labute approximate surface area is 82.0 Å². The fourth-order valence-corrected chi connectivity index (χ4v) is 2.53. The van der Waals surface area contributed by atoms with E-state index in [2.05, 4.69) is 0 Å². The standard InChI is InChI=1S/C11H12O3/c12-11(7-3-4-13-6-7)9-5-8-1-2-10(9)14-8/h3-4,6,8-10H,1-2,5H2. The molecule has 3 rings (SSSR count). The first kappa shape index (κ1) is 8.24. The van der Waals surface area contributed by atoms with Gasteiger partial charge in [-0.1, -0.05) is 0 Å². The van der Waals surface area contributed by atoms with E-state index in [4.69, 9.17) is 9.15 Å². The topological polar surface area (TPSA) is 39.4 Å². The summed E-state index contributed by atoms with van der Waals surface area (Å²) < 4.78 is 10.6. The van der Waals surface area contributed by atoms with Crippen LogP contribution in [0.1, 0.15) is 29.6 Å². The largest absolute Gasteiger partial charge is 0.472 e. The van der Waals surface area contributed by atoms with Gasteiger partial charge in [0.2, 0.25) is 0 Å². The first-order valence-corrected chi connectivity index (χ1v) is 5.06. The Hall–Kier alpha value is -1.09. The number of carbonyl (C=O) groups is 1. The van der Waals surface area contributed by atoms with Crippen LogP contribution in [0.15, 0.2) is 23.0 Å². The maximum atomic E-state index is 12.0. The average molecular weight is 192 g/mol. The fraction of sp³-hybridized carbons (Fsp3) is 0.545. The molecule has 1 aromatic rings. The molecule has 0 spiro atoms. The molecule has 1 aromatic heterocycles. The molecule has 0 amide bonds. The van der Waals surface area contributed by atoms with Crippen molar-refractivity contribution in [3.8, 4) is 0 Å². The van der Waals surface area contributed by atoms with Crippen LogP contribution < -0.4 is 0 Å². The molecule has 0 saturated carbocycles. The van der Waals surface area contributed by atoms with Gasteiger partial charge in [0.05, 0.1) is 30.0 Å². The number of furan rings is 1. The molecule has 3 heteroatoms. The molecule has 2 aliphatic heterocycles. The summed E-state index contributed by atoms with van der Waals surface area (Å²) in [6, 6.07) is 1.73. The second-order valence-electron chi connectivity index (χ2n) is 4.09. The number of carbonyl (C=O) groups excluding carboxylic acids is 1. The minimum atomic E-state index is 0.0753. The number of hydrogen-bond donors (Lipinski definition) is 0. The van der Waals surface area contributed by atoms with Gasteiger partial charge in [-0.2, -0.15) is 0 Å². The summed E-state index contributed by atoms with van der Waals surface area (Å²) in [6.07, 6.45) is 6.63. The Morgan fingerprint density at radius 2 is 2.36 bits per heavy atom. The Balaban J connectivity index is 1.81. The van der Waals surface area contributed by atoms with Crippen LogP contribution in [0.2, 0.25) is 0 Å². The SMILES string of the molecule is O=C(c1ccoc1)C1CC2CCC1O2. The lowest BCUT2D eigenvalue weighted by atomic mass is 9.84. The Kier molecular flexibility index (Phi) is 1.74. The van der Waals surface area contributed by atoms with E-state index in [0.717, 1.165) is 19.3 Å². The third-order valence-electron chi connectivity index (χ3n) is 3.25. The lowest BCUT2D eigenvalue weighted by Crippen LogP contribution is -2.25. The third kappa shape index (κ3) is 1.12. The first-order chi connectivity index (χ1) is 6.84. The number of Topliss-reactive ketones (excluding diaryl/α,β-unsaturated/α-hetero) is 1. The van der Waals surface area contributed by atoms with Crippen LogP contribution in [0.25, 0.3) is 0 Å². The Morgan fingerprint density at radius 1 is 1.43 bits per heavy atom. The molecule has 0 aromatic carbocycles. The van der Waals surface area contributed by atoms with E-state index in [0.29, 0.717) is 11.7 Å². The van der Waals surface area contributed by atoms with Crippen LogP contribution in [-0.2, 0) is 4.74 Å². The van der Waals surface area contributed by atoms with E-state index in [1.165, 1.54) is 6.26 Å². The van der Waals surface area contributed by atoms with Crippen molar-refractivity contribution in [3.05, 3.63) is 24.2 Å². The molecule has 2 bridgehead atoms. The molecule has 0 radical (unpaired) electrons. The molecule has 74 valence electrons. The molecule has 0 N–H and O–H groups in total. The zero-order valence-corrected chi connectivity index (χ0v) is 7.81. The number of rotatable bonds is 2. The third-order valence-corrected chi connectivity index (χ3v) is 3.25. The predicted molar refractivity (Wildman–Crippen MR) is 49.0 cm³/mol. The lowest BCUT2D eigenvalue weighted by molar-refractivity contribution is 0.0743. The molecule has 3 unspecified atom stereocenters. The maximum Gasteiger partial charge on any atom is 0.171 e. The molecule has 0 aliphatic carbocycles. The maximum absolute atomic E-state index is 12.0.